The van der Waals surface area contributed by atoms with E-state index in [0.29, 0.717) is 45.0 Å². The molecule has 2 bridgehead atoms. The lowest BCUT2D eigenvalue weighted by Crippen LogP contribution is -2.49. The molecule has 1 aromatic rings. The Morgan fingerprint density at radius 1 is 1.21 bits per heavy atom. The summed E-state index contributed by atoms with van der Waals surface area (Å²) in [6, 6.07) is 7.88. The van der Waals surface area contributed by atoms with Gasteiger partial charge < -0.3 is 24.6 Å². The Morgan fingerprint density at radius 3 is 2.56 bits per heavy atom. The van der Waals surface area contributed by atoms with Crippen LogP contribution in [0.3, 0.4) is 0 Å². The van der Waals surface area contributed by atoms with E-state index in [2.05, 4.69) is 19.2 Å². The normalized spacial score (nSPS) is 30.2. The highest BCUT2D eigenvalue weighted by molar-refractivity contribution is 5.99. The molecule has 182 valence electrons. The molecule has 4 aliphatic rings. The summed E-state index contributed by atoms with van der Waals surface area (Å²) < 4.78 is 11.4. The van der Waals surface area contributed by atoms with Crippen molar-refractivity contribution in [2.24, 2.45) is 11.8 Å². The number of amides is 3. The van der Waals surface area contributed by atoms with Crippen molar-refractivity contribution in [3.63, 3.8) is 0 Å². The second-order valence-electron chi connectivity index (χ2n) is 10.0. The molecule has 5 rings (SSSR count). The third-order valence-corrected chi connectivity index (χ3v) is 7.71. The van der Waals surface area contributed by atoms with Crippen LogP contribution in [0, 0.1) is 11.8 Å². The monoisotopic (exact) mass is 467 g/mol. The number of ether oxygens (including phenoxy) is 2. The van der Waals surface area contributed by atoms with Gasteiger partial charge in [-0.1, -0.05) is 38.1 Å². The van der Waals surface area contributed by atoms with Gasteiger partial charge >= 0.3 is 6.09 Å². The van der Waals surface area contributed by atoms with Crippen molar-refractivity contribution in [1.29, 1.82) is 0 Å². The van der Waals surface area contributed by atoms with Crippen molar-refractivity contribution in [3.05, 3.63) is 42.0 Å². The molecule has 0 radical (unpaired) electrons. The Hall–Kier alpha value is -2.87. The van der Waals surface area contributed by atoms with E-state index in [9.17, 15) is 14.4 Å². The van der Waals surface area contributed by atoms with Crippen molar-refractivity contribution in [3.8, 4) is 0 Å². The van der Waals surface area contributed by atoms with Gasteiger partial charge in [0, 0.05) is 24.8 Å². The smallest absolute Gasteiger partial charge is 0.409 e. The summed E-state index contributed by atoms with van der Waals surface area (Å²) in [5, 5.41) is 3.01. The minimum Gasteiger partial charge on any atom is -0.450 e. The predicted molar refractivity (Wildman–Crippen MR) is 126 cm³/mol. The second-order valence-corrected chi connectivity index (χ2v) is 10.0. The van der Waals surface area contributed by atoms with Gasteiger partial charge in [0.25, 0.3) is 0 Å². The van der Waals surface area contributed by atoms with Gasteiger partial charge in [-0.3, -0.25) is 9.59 Å². The zero-order valence-corrected chi connectivity index (χ0v) is 20.0. The Labute approximate surface area is 200 Å². The number of hydrogen-bond acceptors (Lipinski definition) is 5. The molecule has 8 nitrogen and oxygen atoms in total. The number of fused-ring (bicyclic) bond motifs is 1. The third-order valence-electron chi connectivity index (χ3n) is 7.71. The SMILES string of the molecule is CCOC(=O)N1CCC(N2CC34C=C[C@@H](O3)C(C(=O)Nc3ccc(C(C)C)cc3)[C@@H]4C2=O)CC1. The Bertz CT molecular complexity index is 998. The number of nitrogens with one attached hydrogen (secondary N) is 1. The fourth-order valence-corrected chi connectivity index (χ4v) is 5.89. The van der Waals surface area contributed by atoms with E-state index in [1.54, 1.807) is 11.8 Å². The van der Waals surface area contributed by atoms with Gasteiger partial charge in [-0.2, -0.15) is 0 Å². The summed E-state index contributed by atoms with van der Waals surface area (Å²) in [7, 11) is 0. The summed E-state index contributed by atoms with van der Waals surface area (Å²) in [4.78, 5) is 42.5. The lowest BCUT2D eigenvalue weighted by molar-refractivity contribution is -0.138. The molecule has 34 heavy (non-hydrogen) atoms. The van der Waals surface area contributed by atoms with E-state index in [4.69, 9.17) is 9.47 Å². The van der Waals surface area contributed by atoms with E-state index in [1.165, 1.54) is 5.56 Å². The van der Waals surface area contributed by atoms with Crippen molar-refractivity contribution in [2.45, 2.75) is 57.3 Å². The van der Waals surface area contributed by atoms with Gasteiger partial charge in [0.05, 0.1) is 31.1 Å². The van der Waals surface area contributed by atoms with Gasteiger partial charge in [-0.25, -0.2) is 4.79 Å². The van der Waals surface area contributed by atoms with Gasteiger partial charge in [-0.05, 0) is 43.4 Å². The number of anilines is 1. The van der Waals surface area contributed by atoms with E-state index in [0.717, 1.165) is 5.69 Å². The van der Waals surface area contributed by atoms with Crippen LogP contribution in [-0.2, 0) is 19.1 Å². The number of nitrogens with zero attached hydrogens (tertiary/aromatic N) is 2. The molecule has 4 atom stereocenters. The van der Waals surface area contributed by atoms with Crippen LogP contribution in [0.25, 0.3) is 0 Å². The molecule has 0 saturated carbocycles. The number of likely N-dealkylation sites (tertiary alicyclic amines) is 2. The van der Waals surface area contributed by atoms with Crippen molar-refractivity contribution >= 4 is 23.6 Å². The van der Waals surface area contributed by atoms with Crippen molar-refractivity contribution in [2.75, 3.05) is 31.6 Å². The van der Waals surface area contributed by atoms with Crippen LogP contribution < -0.4 is 5.32 Å². The third kappa shape index (κ3) is 3.78. The predicted octanol–water partition coefficient (Wildman–Crippen LogP) is 3.15. The second kappa shape index (κ2) is 8.73. The summed E-state index contributed by atoms with van der Waals surface area (Å²) in [5.41, 5.74) is 1.20. The Balaban J connectivity index is 1.27. The maximum atomic E-state index is 13.6. The first-order valence-electron chi connectivity index (χ1n) is 12.3. The van der Waals surface area contributed by atoms with Crippen molar-refractivity contribution < 1.29 is 23.9 Å². The Morgan fingerprint density at radius 2 is 1.91 bits per heavy atom. The van der Waals surface area contributed by atoms with Crippen LogP contribution >= 0.6 is 0 Å². The number of carbonyl (C=O) groups is 3. The number of hydrogen-bond donors (Lipinski definition) is 1. The van der Waals surface area contributed by atoms with E-state index in [-0.39, 0.29) is 30.1 Å². The minimum atomic E-state index is -0.733. The van der Waals surface area contributed by atoms with Crippen LogP contribution in [0.15, 0.2) is 36.4 Å². The lowest BCUT2D eigenvalue weighted by atomic mass is 9.76. The number of benzene rings is 1. The van der Waals surface area contributed by atoms with Gasteiger partial charge in [0.1, 0.15) is 5.60 Å². The summed E-state index contributed by atoms with van der Waals surface area (Å²) in [6.45, 7) is 7.97. The van der Waals surface area contributed by atoms with Crippen LogP contribution in [0.2, 0.25) is 0 Å². The first-order valence-corrected chi connectivity index (χ1v) is 12.3. The summed E-state index contributed by atoms with van der Waals surface area (Å²) in [5.74, 6) is -0.838. The minimum absolute atomic E-state index is 0.0169. The van der Waals surface area contributed by atoms with E-state index >= 15 is 0 Å². The highest BCUT2D eigenvalue weighted by Crippen LogP contribution is 2.52. The molecule has 0 aliphatic carbocycles. The molecule has 4 aliphatic heterocycles. The molecule has 1 aromatic carbocycles. The fourth-order valence-electron chi connectivity index (χ4n) is 5.89. The highest BCUT2D eigenvalue weighted by Gasteiger charge is 2.67. The van der Waals surface area contributed by atoms with Crippen LogP contribution in [0.1, 0.15) is 45.1 Å². The zero-order valence-electron chi connectivity index (χ0n) is 20.0. The summed E-state index contributed by atoms with van der Waals surface area (Å²) >= 11 is 0. The molecule has 1 N–H and O–H groups in total. The quantitative estimate of drug-likeness (QED) is 0.672. The molecule has 8 heteroatoms. The fraction of sp³-hybridized carbons (Fsp3) is 0.577. The number of carbonyl (C=O) groups excluding carboxylic acids is 3. The topological polar surface area (TPSA) is 88.2 Å². The maximum Gasteiger partial charge on any atom is 0.409 e. The molecule has 0 aromatic heterocycles. The average Bonchev–Trinajstić information content (AvgIpc) is 3.48. The van der Waals surface area contributed by atoms with Gasteiger partial charge in [-0.15, -0.1) is 0 Å². The van der Waals surface area contributed by atoms with Gasteiger partial charge in [0.15, 0.2) is 0 Å². The molecular weight excluding hydrogens is 434 g/mol. The Kier molecular flexibility index (Phi) is 5.88. The molecule has 4 heterocycles. The van der Waals surface area contributed by atoms with E-state index < -0.39 is 17.4 Å². The molecule has 3 saturated heterocycles. The van der Waals surface area contributed by atoms with Crippen LogP contribution in [-0.4, -0.2) is 71.7 Å². The standard InChI is InChI=1S/C26H33N3O5/c1-4-33-25(32)28-13-10-19(11-14-28)29-15-26-12-9-20(34-26)21(22(26)24(29)31)23(30)27-18-7-5-17(6-8-18)16(2)3/h5-9,12,16,19-22H,4,10-11,13-15H2,1-3H3,(H,27,30)/t20-,21?,22-,26?/m1/s1. The number of rotatable bonds is 5. The first kappa shape index (κ1) is 22.9. The number of piperidine rings is 1. The lowest BCUT2D eigenvalue weighted by Gasteiger charge is -2.37. The molecule has 3 fully saturated rings. The molecule has 3 amide bonds. The van der Waals surface area contributed by atoms with Gasteiger partial charge in [0.2, 0.25) is 11.8 Å². The summed E-state index contributed by atoms with van der Waals surface area (Å²) in [6.07, 6.45) is 4.63. The largest absolute Gasteiger partial charge is 0.450 e. The first-order chi connectivity index (χ1) is 16.3. The van der Waals surface area contributed by atoms with Crippen molar-refractivity contribution in [1.82, 2.24) is 9.80 Å². The van der Waals surface area contributed by atoms with Crippen LogP contribution in [0.5, 0.6) is 0 Å². The highest BCUT2D eigenvalue weighted by atomic mass is 16.6. The molecular formula is C26H33N3O5. The molecule has 2 unspecified atom stereocenters. The zero-order chi connectivity index (χ0) is 24.0. The van der Waals surface area contributed by atoms with Crippen LogP contribution in [0.4, 0.5) is 10.5 Å². The molecule has 1 spiro atoms. The average molecular weight is 468 g/mol. The maximum absolute atomic E-state index is 13.6. The van der Waals surface area contributed by atoms with E-state index in [1.807, 2.05) is 41.3 Å².